The molecule has 0 spiro atoms. The number of anilines is 1. The van der Waals surface area contributed by atoms with E-state index in [1.54, 1.807) is 10.4 Å². The van der Waals surface area contributed by atoms with Crippen LogP contribution in [-0.2, 0) is 10.0 Å². The van der Waals surface area contributed by atoms with E-state index in [1.165, 1.54) is 5.06 Å². The third-order valence-electron chi connectivity index (χ3n) is 7.25. The third-order valence-corrected chi connectivity index (χ3v) is 9.16. The quantitative estimate of drug-likeness (QED) is 0.485. The highest BCUT2D eigenvalue weighted by Crippen LogP contribution is 2.39. The number of likely N-dealkylation sites (N-methyl/N-ethyl adjacent to an activating group) is 1. The van der Waals surface area contributed by atoms with Crippen molar-refractivity contribution in [1.82, 2.24) is 14.3 Å². The lowest BCUT2D eigenvalue weighted by atomic mass is 9.96. The average molecular weight is 503 g/mol. The van der Waals surface area contributed by atoms with Gasteiger partial charge in [-0.15, -0.1) is 0 Å². The maximum Gasteiger partial charge on any atom is 0.244 e. The summed E-state index contributed by atoms with van der Waals surface area (Å²) in [5.41, 5.74) is 0.616. The van der Waals surface area contributed by atoms with Crippen molar-refractivity contribution in [3.8, 4) is 0 Å². The largest absolute Gasteiger partial charge is 0.377 e. The number of hydroxylamine groups is 2. The van der Waals surface area contributed by atoms with Crippen molar-refractivity contribution in [2.45, 2.75) is 57.5 Å². The first-order chi connectivity index (χ1) is 16.3. The van der Waals surface area contributed by atoms with E-state index in [1.807, 2.05) is 83.1 Å². The first-order valence-electron chi connectivity index (χ1n) is 12.4. The van der Waals surface area contributed by atoms with Gasteiger partial charge in [0.2, 0.25) is 10.0 Å². The lowest BCUT2D eigenvalue weighted by molar-refractivity contribution is -0.185. The van der Waals surface area contributed by atoms with Crippen molar-refractivity contribution in [3.63, 3.8) is 0 Å². The summed E-state index contributed by atoms with van der Waals surface area (Å²) >= 11 is 0. The minimum atomic E-state index is -3.83. The zero-order valence-corrected chi connectivity index (χ0v) is 23.4. The summed E-state index contributed by atoms with van der Waals surface area (Å²) in [6.45, 7) is 14.9. The molecular weight excluding hydrogens is 460 g/mol. The van der Waals surface area contributed by atoms with Crippen LogP contribution in [0.1, 0.15) is 41.5 Å². The Morgan fingerprint density at radius 1 is 0.914 bits per heavy atom. The van der Waals surface area contributed by atoms with Crippen LogP contribution in [0.5, 0.6) is 0 Å². The van der Waals surface area contributed by atoms with Crippen LogP contribution >= 0.6 is 0 Å². The second-order valence-corrected chi connectivity index (χ2v) is 12.5. The van der Waals surface area contributed by atoms with Gasteiger partial charge in [-0.05, 0) is 58.5 Å². The van der Waals surface area contributed by atoms with Gasteiger partial charge in [-0.3, -0.25) is 0 Å². The summed E-state index contributed by atoms with van der Waals surface area (Å²) < 4.78 is 30.1. The van der Waals surface area contributed by atoms with Gasteiger partial charge < -0.3 is 15.0 Å². The Morgan fingerprint density at radius 2 is 1.51 bits per heavy atom. The Bertz CT molecular complexity index is 1180. The Morgan fingerprint density at radius 3 is 2.06 bits per heavy atom. The lowest BCUT2D eigenvalue weighted by Gasteiger charge is -2.37. The van der Waals surface area contributed by atoms with E-state index in [2.05, 4.69) is 18.7 Å². The molecule has 1 aliphatic rings. The van der Waals surface area contributed by atoms with Crippen molar-refractivity contribution in [3.05, 3.63) is 48.0 Å². The van der Waals surface area contributed by atoms with Gasteiger partial charge in [0.05, 0.1) is 16.0 Å². The van der Waals surface area contributed by atoms with Gasteiger partial charge in [0.25, 0.3) is 0 Å². The zero-order valence-electron chi connectivity index (χ0n) is 22.5. The maximum atomic E-state index is 14.2. The maximum absolute atomic E-state index is 14.2. The number of sulfonamides is 1. The minimum absolute atomic E-state index is 0.223. The Hall–Kier alpha value is -1.97. The normalized spacial score (nSPS) is 18.0. The molecule has 0 unspecified atom stereocenters. The predicted octanol–water partition coefficient (Wildman–Crippen LogP) is 4.43. The number of fused-ring (bicyclic) bond motifs is 1. The average Bonchev–Trinajstić information content (AvgIpc) is 2.96. The van der Waals surface area contributed by atoms with Crippen molar-refractivity contribution in [2.75, 3.05) is 51.7 Å². The second-order valence-electron chi connectivity index (χ2n) is 10.6. The van der Waals surface area contributed by atoms with E-state index in [-0.39, 0.29) is 6.54 Å². The second kappa shape index (κ2) is 10.2. The molecule has 0 aromatic heterocycles. The molecule has 35 heavy (non-hydrogen) atoms. The fraction of sp³-hybridized carbons (Fsp3) is 0.556. The first kappa shape index (κ1) is 27.6. The third kappa shape index (κ3) is 5.27. The van der Waals surface area contributed by atoms with Crippen LogP contribution < -0.4 is 4.90 Å². The molecule has 1 N–H and O–H groups in total. The van der Waals surface area contributed by atoms with Crippen LogP contribution in [0, 0.1) is 0 Å². The van der Waals surface area contributed by atoms with Crippen LogP contribution in [0.4, 0.5) is 5.69 Å². The van der Waals surface area contributed by atoms with Crippen molar-refractivity contribution < 1.29 is 13.6 Å². The molecule has 0 radical (unpaired) electrons. The van der Waals surface area contributed by atoms with Crippen molar-refractivity contribution in [2.24, 2.45) is 0 Å². The number of nitrogens with zero attached hydrogens (tertiary/aromatic N) is 4. The summed E-state index contributed by atoms with van der Waals surface area (Å²) in [6, 6.07) is 11.3. The SMILES string of the molecule is CCN(CC)CCN(CC1=CC(C)(C)N(O)C1(C)C)S(=O)(=O)c1cccc2c(N(C)C)cccc12. The molecule has 3 rings (SSSR count). The number of hydrogen-bond donors (Lipinski definition) is 1. The molecule has 2 aromatic rings. The fourth-order valence-electron chi connectivity index (χ4n) is 5.05. The molecule has 0 fully saturated rings. The predicted molar refractivity (Wildman–Crippen MR) is 145 cm³/mol. The van der Waals surface area contributed by atoms with E-state index in [9.17, 15) is 13.6 Å². The van der Waals surface area contributed by atoms with E-state index < -0.39 is 21.1 Å². The monoisotopic (exact) mass is 502 g/mol. The van der Waals surface area contributed by atoms with E-state index in [4.69, 9.17) is 0 Å². The molecule has 1 aliphatic heterocycles. The minimum Gasteiger partial charge on any atom is -0.377 e. The van der Waals surface area contributed by atoms with Gasteiger partial charge in [-0.2, -0.15) is 9.37 Å². The number of hydrogen-bond acceptors (Lipinski definition) is 6. The highest BCUT2D eigenvalue weighted by atomic mass is 32.2. The molecule has 1 heterocycles. The summed E-state index contributed by atoms with van der Waals surface area (Å²) in [7, 11) is 0.0959. The molecular formula is C27H42N4O3S. The van der Waals surface area contributed by atoms with Gasteiger partial charge in [0.15, 0.2) is 0 Å². The highest BCUT2D eigenvalue weighted by molar-refractivity contribution is 7.89. The van der Waals surface area contributed by atoms with E-state index in [0.717, 1.165) is 35.1 Å². The molecule has 0 atom stereocenters. The smallest absolute Gasteiger partial charge is 0.244 e. The lowest BCUT2D eigenvalue weighted by Crippen LogP contribution is -2.49. The standard InChI is InChI=1S/C27H42N4O3S/c1-9-29(10-2)17-18-30(20-21-19-26(3,4)31(32)27(21,5)6)35(33,34)25-16-12-13-22-23(25)14-11-15-24(22)28(7)8/h11-16,19,32H,9-10,17-18,20H2,1-8H3. The molecule has 8 heteroatoms. The van der Waals surface area contributed by atoms with E-state index >= 15 is 0 Å². The van der Waals surface area contributed by atoms with E-state index in [0.29, 0.717) is 18.0 Å². The van der Waals surface area contributed by atoms with Crippen LogP contribution in [0.3, 0.4) is 0 Å². The van der Waals surface area contributed by atoms with Gasteiger partial charge in [0, 0.05) is 50.2 Å². The fourth-order valence-corrected chi connectivity index (χ4v) is 6.66. The van der Waals surface area contributed by atoms with Crippen LogP contribution in [0.15, 0.2) is 52.9 Å². The molecule has 0 amide bonds. The Balaban J connectivity index is 2.11. The molecule has 7 nitrogen and oxygen atoms in total. The molecule has 0 aliphatic carbocycles. The molecule has 0 saturated carbocycles. The molecule has 2 aromatic carbocycles. The van der Waals surface area contributed by atoms with Gasteiger partial charge in [-0.25, -0.2) is 8.42 Å². The topological polar surface area (TPSA) is 67.3 Å². The van der Waals surface area contributed by atoms with Gasteiger partial charge in [-0.1, -0.05) is 44.2 Å². The summed E-state index contributed by atoms with van der Waals surface area (Å²) in [4.78, 5) is 4.54. The van der Waals surface area contributed by atoms with Crippen molar-refractivity contribution in [1.29, 1.82) is 0 Å². The number of benzene rings is 2. The summed E-state index contributed by atoms with van der Waals surface area (Å²) in [6.07, 6.45) is 2.00. The zero-order chi connectivity index (χ0) is 26.2. The molecule has 194 valence electrons. The van der Waals surface area contributed by atoms with Crippen LogP contribution in [0.25, 0.3) is 10.8 Å². The summed E-state index contributed by atoms with van der Waals surface area (Å²) in [5, 5.41) is 13.8. The Kier molecular flexibility index (Phi) is 8.04. The summed E-state index contributed by atoms with van der Waals surface area (Å²) in [5.74, 6) is 0. The van der Waals surface area contributed by atoms with Crippen LogP contribution in [-0.4, -0.2) is 85.8 Å². The number of rotatable bonds is 10. The van der Waals surface area contributed by atoms with Gasteiger partial charge >= 0.3 is 0 Å². The molecule has 0 bridgehead atoms. The highest BCUT2D eigenvalue weighted by Gasteiger charge is 2.46. The molecule has 0 saturated heterocycles. The van der Waals surface area contributed by atoms with Crippen LogP contribution in [0.2, 0.25) is 0 Å². The Labute approximate surface area is 211 Å². The van der Waals surface area contributed by atoms with Crippen molar-refractivity contribution >= 4 is 26.5 Å². The first-order valence-corrected chi connectivity index (χ1v) is 13.8. The van der Waals surface area contributed by atoms with Gasteiger partial charge in [0.1, 0.15) is 0 Å².